The van der Waals surface area contributed by atoms with E-state index in [0.717, 1.165) is 23.7 Å². The SMILES string of the molecule is CC/C=C(\Br)[C@H]1C[C@H](/C(=C/CC)CO[Si](C(C)C)(C(C)C)C(C)C)OC(C)(C)O1. The number of halogens is 1. The molecular formula is C24H45BrO3Si. The molecule has 170 valence electrons. The van der Waals surface area contributed by atoms with Gasteiger partial charge in [0.15, 0.2) is 5.79 Å². The summed E-state index contributed by atoms with van der Waals surface area (Å²) in [6.07, 6.45) is 7.31. The molecule has 29 heavy (non-hydrogen) atoms. The number of rotatable bonds is 10. The van der Waals surface area contributed by atoms with Gasteiger partial charge in [0, 0.05) is 10.9 Å². The van der Waals surface area contributed by atoms with Gasteiger partial charge in [-0.15, -0.1) is 0 Å². The summed E-state index contributed by atoms with van der Waals surface area (Å²) in [5, 5.41) is 0. The minimum atomic E-state index is -1.92. The molecule has 5 heteroatoms. The van der Waals surface area contributed by atoms with Crippen molar-refractivity contribution in [2.75, 3.05) is 6.61 Å². The van der Waals surface area contributed by atoms with Crippen molar-refractivity contribution in [3.05, 3.63) is 22.2 Å². The van der Waals surface area contributed by atoms with Crippen molar-refractivity contribution in [1.82, 2.24) is 0 Å². The van der Waals surface area contributed by atoms with Crippen LogP contribution in [0.25, 0.3) is 0 Å². The van der Waals surface area contributed by atoms with Crippen molar-refractivity contribution < 1.29 is 13.9 Å². The van der Waals surface area contributed by atoms with Gasteiger partial charge in [0.05, 0.1) is 18.8 Å². The largest absolute Gasteiger partial charge is 0.412 e. The zero-order valence-electron chi connectivity index (χ0n) is 20.5. The molecule has 1 saturated heterocycles. The number of allylic oxidation sites excluding steroid dienone is 2. The quantitative estimate of drug-likeness (QED) is 0.229. The third-order valence-electron chi connectivity index (χ3n) is 6.06. The molecule has 0 aromatic heterocycles. The van der Waals surface area contributed by atoms with Crippen LogP contribution in [0.4, 0.5) is 0 Å². The van der Waals surface area contributed by atoms with Crippen LogP contribution in [0.3, 0.4) is 0 Å². The van der Waals surface area contributed by atoms with Gasteiger partial charge in [-0.25, -0.2) is 0 Å². The Morgan fingerprint density at radius 2 is 1.45 bits per heavy atom. The van der Waals surface area contributed by atoms with Crippen molar-refractivity contribution in [3.63, 3.8) is 0 Å². The normalized spacial score (nSPS) is 24.1. The predicted octanol–water partition coefficient (Wildman–Crippen LogP) is 8.11. The number of hydrogen-bond donors (Lipinski definition) is 0. The fraction of sp³-hybridized carbons (Fsp3) is 0.833. The van der Waals surface area contributed by atoms with Gasteiger partial charge in [-0.05, 0) is 48.9 Å². The van der Waals surface area contributed by atoms with E-state index in [1.165, 1.54) is 5.57 Å². The highest BCUT2D eigenvalue weighted by atomic mass is 79.9. The second-order valence-corrected chi connectivity index (χ2v) is 16.0. The molecule has 0 amide bonds. The summed E-state index contributed by atoms with van der Waals surface area (Å²) in [4.78, 5) is 0. The summed E-state index contributed by atoms with van der Waals surface area (Å²) in [6.45, 7) is 23.1. The van der Waals surface area contributed by atoms with Gasteiger partial charge in [-0.1, -0.05) is 83.5 Å². The summed E-state index contributed by atoms with van der Waals surface area (Å²) in [5.74, 6) is -0.621. The van der Waals surface area contributed by atoms with Gasteiger partial charge < -0.3 is 13.9 Å². The predicted molar refractivity (Wildman–Crippen MR) is 131 cm³/mol. The fourth-order valence-corrected chi connectivity index (χ4v) is 11.0. The van der Waals surface area contributed by atoms with E-state index in [0.29, 0.717) is 23.2 Å². The molecule has 0 radical (unpaired) electrons. The Balaban J connectivity index is 3.13. The molecule has 0 aliphatic carbocycles. The average Bonchev–Trinajstić information content (AvgIpc) is 2.59. The Hall–Kier alpha value is 0.0569. The van der Waals surface area contributed by atoms with Crippen LogP contribution in [0.2, 0.25) is 16.6 Å². The number of hydrogen-bond acceptors (Lipinski definition) is 3. The van der Waals surface area contributed by atoms with Crippen molar-refractivity contribution in [2.45, 2.75) is 123 Å². The van der Waals surface area contributed by atoms with Gasteiger partial charge in [0.25, 0.3) is 0 Å². The second-order valence-electron chi connectivity index (χ2n) is 9.64. The van der Waals surface area contributed by atoms with E-state index in [1.807, 2.05) is 13.8 Å². The molecule has 1 rings (SSSR count). The molecule has 0 spiro atoms. The van der Waals surface area contributed by atoms with E-state index in [4.69, 9.17) is 13.9 Å². The zero-order chi connectivity index (χ0) is 22.4. The lowest BCUT2D eigenvalue weighted by atomic mass is 10.00. The van der Waals surface area contributed by atoms with E-state index >= 15 is 0 Å². The van der Waals surface area contributed by atoms with Crippen LogP contribution in [0.15, 0.2) is 22.2 Å². The Morgan fingerprint density at radius 1 is 0.966 bits per heavy atom. The molecule has 0 bridgehead atoms. The Labute approximate surface area is 189 Å². The first-order valence-corrected chi connectivity index (χ1v) is 14.4. The standard InChI is InChI=1S/C24H45BrO3Si/c1-11-13-20(16-26-29(17(3)4,18(5)6)19(7)8)22-15-23(21(25)14-12-2)28-24(9,10)27-22/h13-14,17-19,22-23H,11-12,15-16H2,1-10H3/b20-13+,21-14-/t22-,23-/m1/s1. The van der Waals surface area contributed by atoms with Crippen molar-refractivity contribution in [3.8, 4) is 0 Å². The minimum Gasteiger partial charge on any atom is -0.412 e. The van der Waals surface area contributed by atoms with Gasteiger partial charge in [-0.2, -0.15) is 0 Å². The van der Waals surface area contributed by atoms with E-state index in [9.17, 15) is 0 Å². The van der Waals surface area contributed by atoms with Crippen LogP contribution >= 0.6 is 15.9 Å². The first-order valence-electron chi connectivity index (χ1n) is 11.4. The Kier molecular flexibility index (Phi) is 10.8. The molecule has 2 atom stereocenters. The molecule has 1 aliphatic heterocycles. The lowest BCUT2D eigenvalue weighted by Crippen LogP contribution is -2.50. The maximum absolute atomic E-state index is 6.92. The molecule has 0 aromatic carbocycles. The van der Waals surface area contributed by atoms with E-state index in [1.54, 1.807) is 0 Å². The molecule has 0 unspecified atom stereocenters. The highest BCUT2D eigenvalue weighted by Crippen LogP contribution is 2.43. The third kappa shape index (κ3) is 7.03. The molecule has 1 fully saturated rings. The van der Waals surface area contributed by atoms with Crippen LogP contribution in [0, 0.1) is 0 Å². The molecule has 0 saturated carbocycles. The molecular weight excluding hydrogens is 444 g/mol. The van der Waals surface area contributed by atoms with Crippen molar-refractivity contribution >= 4 is 24.2 Å². The van der Waals surface area contributed by atoms with Gasteiger partial charge in [0.1, 0.15) is 0 Å². The smallest absolute Gasteiger partial charge is 0.200 e. The van der Waals surface area contributed by atoms with Crippen LogP contribution in [-0.2, 0) is 13.9 Å². The van der Waals surface area contributed by atoms with Crippen LogP contribution in [-0.4, -0.2) is 32.9 Å². The molecule has 1 heterocycles. The molecule has 3 nitrogen and oxygen atoms in total. The van der Waals surface area contributed by atoms with E-state index in [-0.39, 0.29) is 12.2 Å². The maximum atomic E-state index is 6.92. The fourth-order valence-electron chi connectivity index (χ4n) is 4.98. The zero-order valence-corrected chi connectivity index (χ0v) is 23.1. The Bertz CT molecular complexity index is 545. The summed E-state index contributed by atoms with van der Waals surface area (Å²) >= 11 is 3.73. The number of ether oxygens (including phenoxy) is 2. The molecule has 1 aliphatic rings. The summed E-state index contributed by atoms with van der Waals surface area (Å²) in [6, 6.07) is 0. The van der Waals surface area contributed by atoms with Crippen LogP contribution in [0.5, 0.6) is 0 Å². The lowest BCUT2D eigenvalue weighted by Gasteiger charge is -2.44. The van der Waals surface area contributed by atoms with Crippen molar-refractivity contribution in [2.24, 2.45) is 0 Å². The maximum Gasteiger partial charge on any atom is 0.200 e. The minimum absolute atomic E-state index is 0.0136. The first kappa shape index (κ1) is 27.1. The topological polar surface area (TPSA) is 27.7 Å². The van der Waals surface area contributed by atoms with E-state index in [2.05, 4.69) is 83.5 Å². The molecule has 0 N–H and O–H groups in total. The van der Waals surface area contributed by atoms with Crippen LogP contribution < -0.4 is 0 Å². The first-order chi connectivity index (χ1) is 13.4. The van der Waals surface area contributed by atoms with Crippen molar-refractivity contribution in [1.29, 1.82) is 0 Å². The summed E-state index contributed by atoms with van der Waals surface area (Å²) < 4.78 is 20.6. The highest BCUT2D eigenvalue weighted by Gasteiger charge is 2.46. The van der Waals surface area contributed by atoms with Gasteiger partial charge >= 0.3 is 0 Å². The van der Waals surface area contributed by atoms with E-state index < -0.39 is 14.1 Å². The molecule has 0 aromatic rings. The van der Waals surface area contributed by atoms with Gasteiger partial charge in [0.2, 0.25) is 8.32 Å². The third-order valence-corrected chi connectivity index (χ3v) is 13.0. The highest BCUT2D eigenvalue weighted by molar-refractivity contribution is 9.11. The second kappa shape index (κ2) is 11.6. The summed E-state index contributed by atoms with van der Waals surface area (Å²) in [5.41, 5.74) is 3.00. The lowest BCUT2D eigenvalue weighted by molar-refractivity contribution is -0.283. The Morgan fingerprint density at radius 3 is 1.90 bits per heavy atom. The van der Waals surface area contributed by atoms with Crippen LogP contribution in [0.1, 0.15) is 88.5 Å². The summed E-state index contributed by atoms with van der Waals surface area (Å²) in [7, 11) is -1.92. The monoisotopic (exact) mass is 488 g/mol. The van der Waals surface area contributed by atoms with Gasteiger partial charge in [-0.3, -0.25) is 0 Å². The average molecular weight is 490 g/mol.